The number of nitrogens with zero attached hydrogens (tertiary/aromatic N) is 2. The highest BCUT2D eigenvalue weighted by Crippen LogP contribution is 2.26. The summed E-state index contributed by atoms with van der Waals surface area (Å²) in [5.41, 5.74) is 1.84. The number of ether oxygens (including phenoxy) is 2. The first kappa shape index (κ1) is 21.8. The summed E-state index contributed by atoms with van der Waals surface area (Å²) in [6, 6.07) is 21.1. The number of carbonyl (C=O) groups excluding carboxylic acids is 1. The van der Waals surface area contributed by atoms with E-state index in [1.54, 1.807) is 6.20 Å². The summed E-state index contributed by atoms with van der Waals surface area (Å²) in [6.45, 7) is 5.09. The summed E-state index contributed by atoms with van der Waals surface area (Å²) in [5, 5.41) is 3.06. The van der Waals surface area contributed by atoms with Gasteiger partial charge in [0.25, 0.3) is 0 Å². The van der Waals surface area contributed by atoms with Crippen molar-refractivity contribution in [3.63, 3.8) is 0 Å². The van der Waals surface area contributed by atoms with Crippen LogP contribution in [0.4, 0.5) is 5.69 Å². The Labute approximate surface area is 189 Å². The molecule has 0 unspecified atom stereocenters. The van der Waals surface area contributed by atoms with Gasteiger partial charge >= 0.3 is 0 Å². The lowest BCUT2D eigenvalue weighted by atomic mass is 9.95. The van der Waals surface area contributed by atoms with E-state index in [-0.39, 0.29) is 11.8 Å². The van der Waals surface area contributed by atoms with Crippen LogP contribution in [0.3, 0.4) is 0 Å². The smallest absolute Gasteiger partial charge is 0.227 e. The van der Waals surface area contributed by atoms with Gasteiger partial charge in [-0.15, -0.1) is 0 Å². The molecule has 2 heterocycles. The Bertz CT molecular complexity index is 1020. The third kappa shape index (κ3) is 5.86. The Morgan fingerprint density at radius 3 is 2.59 bits per heavy atom. The van der Waals surface area contributed by atoms with Crippen LogP contribution in [0.1, 0.15) is 25.3 Å². The van der Waals surface area contributed by atoms with Crippen molar-refractivity contribution in [2.45, 2.75) is 26.3 Å². The van der Waals surface area contributed by atoms with E-state index in [9.17, 15) is 4.79 Å². The first-order valence-corrected chi connectivity index (χ1v) is 11.1. The number of amides is 1. The molecule has 0 radical (unpaired) electrons. The molecule has 3 aromatic rings. The number of para-hydroxylation sites is 1. The van der Waals surface area contributed by atoms with Gasteiger partial charge in [0.1, 0.15) is 11.5 Å². The molecule has 2 aromatic carbocycles. The van der Waals surface area contributed by atoms with Gasteiger partial charge in [0.05, 0.1) is 6.61 Å². The summed E-state index contributed by atoms with van der Waals surface area (Å²) in [5.74, 6) is 2.24. The highest BCUT2D eigenvalue weighted by Gasteiger charge is 2.25. The van der Waals surface area contributed by atoms with Crippen molar-refractivity contribution in [2.75, 3.05) is 25.0 Å². The molecule has 1 saturated heterocycles. The number of nitrogens with one attached hydrogen (secondary N) is 1. The molecular weight excluding hydrogens is 402 g/mol. The van der Waals surface area contributed by atoms with Crippen LogP contribution in [0, 0.1) is 5.92 Å². The SMILES string of the molecule is CCOc1ncccc1CN1CCC(C(=O)Nc2cccc(Oc3ccccc3)c2)CC1. The van der Waals surface area contributed by atoms with Crippen molar-refractivity contribution in [2.24, 2.45) is 5.92 Å². The Hall–Kier alpha value is -3.38. The van der Waals surface area contributed by atoms with Crippen molar-refractivity contribution in [1.82, 2.24) is 9.88 Å². The number of piperidine rings is 1. The molecule has 1 aromatic heterocycles. The minimum atomic E-state index is 0.00482. The molecule has 6 heteroatoms. The Morgan fingerprint density at radius 1 is 1.03 bits per heavy atom. The lowest BCUT2D eigenvalue weighted by Gasteiger charge is -2.31. The molecule has 1 aliphatic rings. The van der Waals surface area contributed by atoms with E-state index >= 15 is 0 Å². The molecule has 0 spiro atoms. The minimum Gasteiger partial charge on any atom is -0.478 e. The van der Waals surface area contributed by atoms with Crippen LogP contribution in [0.2, 0.25) is 0 Å². The van der Waals surface area contributed by atoms with Gasteiger partial charge < -0.3 is 14.8 Å². The van der Waals surface area contributed by atoms with E-state index in [0.29, 0.717) is 18.2 Å². The first-order chi connectivity index (χ1) is 15.7. The van der Waals surface area contributed by atoms with Crippen molar-refractivity contribution in [3.8, 4) is 17.4 Å². The number of benzene rings is 2. The van der Waals surface area contributed by atoms with E-state index in [0.717, 1.165) is 49.5 Å². The van der Waals surface area contributed by atoms with Gasteiger partial charge in [-0.25, -0.2) is 4.98 Å². The lowest BCUT2D eigenvalue weighted by Crippen LogP contribution is -2.37. The topological polar surface area (TPSA) is 63.7 Å². The molecular formula is C26H29N3O3. The van der Waals surface area contributed by atoms with Crippen LogP contribution >= 0.6 is 0 Å². The maximum Gasteiger partial charge on any atom is 0.227 e. The molecule has 166 valence electrons. The van der Waals surface area contributed by atoms with E-state index in [1.807, 2.05) is 67.6 Å². The van der Waals surface area contributed by atoms with E-state index in [1.165, 1.54) is 0 Å². The molecule has 0 atom stereocenters. The summed E-state index contributed by atoms with van der Waals surface area (Å²) in [4.78, 5) is 19.5. The number of likely N-dealkylation sites (tertiary alicyclic amines) is 1. The normalized spacial score (nSPS) is 14.7. The Balaban J connectivity index is 1.29. The van der Waals surface area contributed by atoms with Gasteiger partial charge in [-0.05, 0) is 63.2 Å². The van der Waals surface area contributed by atoms with Gasteiger partial charge in [0, 0.05) is 36.0 Å². The van der Waals surface area contributed by atoms with Crippen molar-refractivity contribution >= 4 is 11.6 Å². The average Bonchev–Trinajstić information content (AvgIpc) is 2.82. The second kappa shape index (κ2) is 10.8. The van der Waals surface area contributed by atoms with Crippen LogP contribution in [-0.4, -0.2) is 35.5 Å². The van der Waals surface area contributed by atoms with Crippen LogP contribution < -0.4 is 14.8 Å². The molecule has 4 rings (SSSR count). The number of carbonyl (C=O) groups is 1. The molecule has 32 heavy (non-hydrogen) atoms. The monoisotopic (exact) mass is 431 g/mol. The number of hydrogen-bond donors (Lipinski definition) is 1. The fourth-order valence-electron chi connectivity index (χ4n) is 3.91. The maximum atomic E-state index is 12.8. The summed E-state index contributed by atoms with van der Waals surface area (Å²) in [6.07, 6.45) is 3.41. The second-order valence-corrected chi connectivity index (χ2v) is 7.88. The zero-order valence-electron chi connectivity index (χ0n) is 18.4. The van der Waals surface area contributed by atoms with Crippen molar-refractivity contribution in [1.29, 1.82) is 0 Å². The Morgan fingerprint density at radius 2 is 1.81 bits per heavy atom. The van der Waals surface area contributed by atoms with E-state index in [2.05, 4.69) is 21.3 Å². The number of aromatic nitrogens is 1. The zero-order chi connectivity index (χ0) is 22.2. The average molecular weight is 432 g/mol. The third-order valence-corrected chi connectivity index (χ3v) is 5.56. The number of hydrogen-bond acceptors (Lipinski definition) is 5. The minimum absolute atomic E-state index is 0.00482. The lowest BCUT2D eigenvalue weighted by molar-refractivity contribution is -0.121. The highest BCUT2D eigenvalue weighted by molar-refractivity contribution is 5.92. The molecule has 0 saturated carbocycles. The number of rotatable bonds is 8. The molecule has 0 bridgehead atoms. The van der Waals surface area contributed by atoms with Crippen LogP contribution in [0.25, 0.3) is 0 Å². The van der Waals surface area contributed by atoms with Crippen molar-refractivity contribution < 1.29 is 14.3 Å². The molecule has 1 fully saturated rings. The summed E-state index contributed by atoms with van der Waals surface area (Å²) >= 11 is 0. The molecule has 1 N–H and O–H groups in total. The molecule has 1 aliphatic heterocycles. The fraction of sp³-hybridized carbons (Fsp3) is 0.308. The largest absolute Gasteiger partial charge is 0.478 e. The van der Waals surface area contributed by atoms with Crippen molar-refractivity contribution in [3.05, 3.63) is 78.5 Å². The van der Waals surface area contributed by atoms with Gasteiger partial charge in [0.2, 0.25) is 11.8 Å². The van der Waals surface area contributed by atoms with Gasteiger partial charge in [-0.3, -0.25) is 9.69 Å². The predicted octanol–water partition coefficient (Wildman–Crippen LogP) is 5.12. The van der Waals surface area contributed by atoms with Gasteiger partial charge in [0.15, 0.2) is 0 Å². The molecule has 1 amide bonds. The van der Waals surface area contributed by atoms with E-state index < -0.39 is 0 Å². The second-order valence-electron chi connectivity index (χ2n) is 7.88. The van der Waals surface area contributed by atoms with Gasteiger partial charge in [-0.2, -0.15) is 0 Å². The summed E-state index contributed by atoms with van der Waals surface area (Å²) in [7, 11) is 0. The highest BCUT2D eigenvalue weighted by atomic mass is 16.5. The maximum absolute atomic E-state index is 12.8. The van der Waals surface area contributed by atoms with Crippen LogP contribution in [-0.2, 0) is 11.3 Å². The zero-order valence-corrected chi connectivity index (χ0v) is 18.4. The fourth-order valence-corrected chi connectivity index (χ4v) is 3.91. The van der Waals surface area contributed by atoms with Crippen LogP contribution in [0.15, 0.2) is 72.9 Å². The van der Waals surface area contributed by atoms with Gasteiger partial charge in [-0.1, -0.05) is 30.3 Å². The number of pyridine rings is 1. The quantitative estimate of drug-likeness (QED) is 0.536. The molecule has 0 aliphatic carbocycles. The first-order valence-electron chi connectivity index (χ1n) is 11.1. The number of anilines is 1. The standard InChI is InChI=1S/C26H29N3O3/c1-2-31-26-21(8-7-15-27-26)19-29-16-13-20(14-17-29)25(30)28-22-9-6-12-24(18-22)32-23-10-4-3-5-11-23/h3-12,15,18,20H,2,13-14,16-17,19H2,1H3,(H,28,30). The Kier molecular flexibility index (Phi) is 7.35. The van der Waals surface area contributed by atoms with Crippen LogP contribution in [0.5, 0.6) is 17.4 Å². The van der Waals surface area contributed by atoms with E-state index in [4.69, 9.17) is 9.47 Å². The predicted molar refractivity (Wildman–Crippen MR) is 125 cm³/mol. The third-order valence-electron chi connectivity index (χ3n) is 5.56. The summed E-state index contributed by atoms with van der Waals surface area (Å²) < 4.78 is 11.5. The molecule has 6 nitrogen and oxygen atoms in total.